The number of benzene rings is 1. The number of para-hydroxylation sites is 1. The van der Waals surface area contributed by atoms with Gasteiger partial charge in [-0.25, -0.2) is 5.10 Å². The number of rotatable bonds is 1. The number of nitrogen functional groups attached to an aromatic ring is 1. The van der Waals surface area contributed by atoms with Gasteiger partial charge in [0.05, 0.1) is 5.69 Å². The van der Waals surface area contributed by atoms with E-state index in [0.717, 1.165) is 5.56 Å². The first-order valence-electron chi connectivity index (χ1n) is 4.81. The van der Waals surface area contributed by atoms with Gasteiger partial charge in [0.2, 0.25) is 0 Å². The van der Waals surface area contributed by atoms with Crippen molar-refractivity contribution in [1.82, 2.24) is 20.6 Å². The van der Waals surface area contributed by atoms with Crippen molar-refractivity contribution in [2.45, 2.75) is 6.10 Å². The highest BCUT2D eigenvalue weighted by Gasteiger charge is 2.20. The van der Waals surface area contributed by atoms with E-state index in [1.165, 1.54) is 0 Å². The summed E-state index contributed by atoms with van der Waals surface area (Å²) in [6, 6.07) is 5.63. The second kappa shape index (κ2) is 4.42. The number of nitrogens with two attached hydrogens (primary N) is 1. The van der Waals surface area contributed by atoms with E-state index in [2.05, 4.69) is 20.6 Å². The van der Waals surface area contributed by atoms with E-state index in [0.29, 0.717) is 17.3 Å². The number of ether oxygens (including phenoxy) is 1. The minimum Gasteiger partial charge on any atom is -0.475 e. The predicted octanol–water partition coefficient (Wildman–Crippen LogP) is 1.35. The molecule has 1 aromatic carbocycles. The van der Waals surface area contributed by atoms with Gasteiger partial charge in [-0.3, -0.25) is 0 Å². The molecule has 0 amide bonds. The Balaban J connectivity index is 0.00000108. The van der Waals surface area contributed by atoms with Crippen molar-refractivity contribution in [3.63, 3.8) is 0 Å². The number of aromatic amines is 1. The lowest BCUT2D eigenvalue weighted by molar-refractivity contribution is 0.243. The van der Waals surface area contributed by atoms with E-state index in [-0.39, 0.29) is 18.5 Å². The largest absolute Gasteiger partial charge is 0.475 e. The first-order valence-corrected chi connectivity index (χ1v) is 4.81. The average molecular weight is 252 g/mol. The summed E-state index contributed by atoms with van der Waals surface area (Å²) < 4.78 is 5.72. The fourth-order valence-corrected chi connectivity index (χ4v) is 1.63. The zero-order valence-corrected chi connectivity index (χ0v) is 9.52. The number of nitrogens with zero attached hydrogens (tertiary/aromatic N) is 3. The van der Waals surface area contributed by atoms with Crippen LogP contribution in [-0.2, 0) is 0 Å². The fraction of sp³-hybridized carbons (Fsp3) is 0.100. The van der Waals surface area contributed by atoms with Gasteiger partial charge >= 0.3 is 0 Å². The molecule has 1 aromatic heterocycles. The summed E-state index contributed by atoms with van der Waals surface area (Å²) in [5, 5.41) is 13.5. The van der Waals surface area contributed by atoms with Crippen molar-refractivity contribution in [2.75, 3.05) is 5.73 Å². The number of fused-ring (bicyclic) bond motifs is 1. The van der Waals surface area contributed by atoms with E-state index < -0.39 is 0 Å². The lowest BCUT2D eigenvalue weighted by Gasteiger charge is -2.20. The van der Waals surface area contributed by atoms with Crippen LogP contribution >= 0.6 is 12.4 Å². The van der Waals surface area contributed by atoms with Gasteiger partial charge in [-0.15, -0.1) is 17.5 Å². The van der Waals surface area contributed by atoms with Crippen molar-refractivity contribution >= 4 is 24.2 Å². The Hall–Kier alpha value is -2.08. The molecule has 0 spiro atoms. The quantitative estimate of drug-likeness (QED) is 0.747. The molecule has 0 saturated carbocycles. The molecule has 1 aliphatic heterocycles. The van der Waals surface area contributed by atoms with Gasteiger partial charge < -0.3 is 10.5 Å². The molecule has 2 aromatic rings. The van der Waals surface area contributed by atoms with E-state index in [4.69, 9.17) is 10.5 Å². The van der Waals surface area contributed by atoms with E-state index in [1.807, 2.05) is 24.3 Å². The molecule has 0 radical (unpaired) electrons. The molecule has 0 bridgehead atoms. The van der Waals surface area contributed by atoms with Gasteiger partial charge in [-0.05, 0) is 22.6 Å². The lowest BCUT2D eigenvalue weighted by atomic mass is 10.1. The molecule has 1 unspecified atom stereocenters. The smallest absolute Gasteiger partial charge is 0.193 e. The molecule has 7 heteroatoms. The summed E-state index contributed by atoms with van der Waals surface area (Å²) in [7, 11) is 0. The molecule has 2 heterocycles. The van der Waals surface area contributed by atoms with Crippen LogP contribution in [0.3, 0.4) is 0 Å². The third-order valence-electron chi connectivity index (χ3n) is 2.40. The number of nitrogens with one attached hydrogen (secondary N) is 1. The van der Waals surface area contributed by atoms with Crippen LogP contribution in [0.15, 0.2) is 24.3 Å². The standard InChI is InChI=1S/C10H9N5O.ClH/c11-7-3-1-2-6-4-5-8(16-9(6)7)10-12-14-15-13-10;/h1-5,8H,11H2,(H,12,13,14,15);1H. The molecule has 6 nitrogen and oxygen atoms in total. The third kappa shape index (κ3) is 1.94. The molecular formula is C10H10ClN5O. The summed E-state index contributed by atoms with van der Waals surface area (Å²) in [6.07, 6.45) is 3.51. The number of hydrogen-bond donors (Lipinski definition) is 2. The van der Waals surface area contributed by atoms with Gasteiger partial charge in [-0.1, -0.05) is 18.2 Å². The van der Waals surface area contributed by atoms with E-state index in [1.54, 1.807) is 6.07 Å². The number of tetrazole rings is 1. The second-order valence-corrected chi connectivity index (χ2v) is 3.45. The molecule has 3 rings (SSSR count). The SMILES string of the molecule is Cl.Nc1cccc2c1OC(c1nnn[nH]1)C=C2. The van der Waals surface area contributed by atoms with Crippen molar-refractivity contribution in [3.8, 4) is 5.75 Å². The van der Waals surface area contributed by atoms with Gasteiger partial charge in [0.15, 0.2) is 17.7 Å². The minimum absolute atomic E-state index is 0. The summed E-state index contributed by atoms with van der Waals surface area (Å²) >= 11 is 0. The molecule has 0 fully saturated rings. The average Bonchev–Trinajstić information content (AvgIpc) is 2.83. The molecule has 17 heavy (non-hydrogen) atoms. The number of anilines is 1. The van der Waals surface area contributed by atoms with Crippen LogP contribution in [0.4, 0.5) is 5.69 Å². The topological polar surface area (TPSA) is 89.7 Å². The van der Waals surface area contributed by atoms with Crippen molar-refractivity contribution in [2.24, 2.45) is 0 Å². The van der Waals surface area contributed by atoms with Crippen molar-refractivity contribution in [3.05, 3.63) is 35.7 Å². The fourth-order valence-electron chi connectivity index (χ4n) is 1.63. The number of H-pyrrole nitrogens is 1. The van der Waals surface area contributed by atoms with Crippen LogP contribution in [0, 0.1) is 0 Å². The zero-order chi connectivity index (χ0) is 11.0. The van der Waals surface area contributed by atoms with Gasteiger partial charge in [0.25, 0.3) is 0 Å². The Morgan fingerprint density at radius 3 is 3.00 bits per heavy atom. The minimum atomic E-state index is -0.313. The molecule has 1 atom stereocenters. The first-order chi connectivity index (χ1) is 7.84. The summed E-state index contributed by atoms with van der Waals surface area (Å²) in [5.41, 5.74) is 7.41. The van der Waals surface area contributed by atoms with Crippen LogP contribution in [0.1, 0.15) is 17.5 Å². The Morgan fingerprint density at radius 1 is 1.35 bits per heavy atom. The Kier molecular flexibility index (Phi) is 2.97. The molecule has 1 aliphatic rings. The normalized spacial score (nSPS) is 16.8. The van der Waals surface area contributed by atoms with Crippen LogP contribution < -0.4 is 10.5 Å². The maximum Gasteiger partial charge on any atom is 0.193 e. The van der Waals surface area contributed by atoms with E-state index >= 15 is 0 Å². The van der Waals surface area contributed by atoms with Crippen LogP contribution in [0.5, 0.6) is 5.75 Å². The van der Waals surface area contributed by atoms with Crippen molar-refractivity contribution in [1.29, 1.82) is 0 Å². The highest BCUT2D eigenvalue weighted by Crippen LogP contribution is 2.35. The van der Waals surface area contributed by atoms with Crippen LogP contribution in [0.2, 0.25) is 0 Å². The molecule has 88 valence electrons. The molecular weight excluding hydrogens is 242 g/mol. The van der Waals surface area contributed by atoms with Gasteiger partial charge in [-0.2, -0.15) is 0 Å². The number of hydrogen-bond acceptors (Lipinski definition) is 5. The third-order valence-corrected chi connectivity index (χ3v) is 2.40. The first kappa shape index (κ1) is 11.4. The van der Waals surface area contributed by atoms with E-state index in [9.17, 15) is 0 Å². The highest BCUT2D eigenvalue weighted by molar-refractivity contribution is 5.85. The van der Waals surface area contributed by atoms with Crippen LogP contribution in [0.25, 0.3) is 6.08 Å². The Bertz CT molecular complexity index is 540. The Labute approximate surface area is 103 Å². The van der Waals surface area contributed by atoms with Gasteiger partial charge in [0.1, 0.15) is 0 Å². The highest BCUT2D eigenvalue weighted by atomic mass is 35.5. The number of aromatic nitrogens is 4. The Morgan fingerprint density at radius 2 is 2.24 bits per heavy atom. The zero-order valence-electron chi connectivity index (χ0n) is 8.70. The second-order valence-electron chi connectivity index (χ2n) is 3.45. The van der Waals surface area contributed by atoms with Crippen molar-refractivity contribution < 1.29 is 4.74 Å². The monoisotopic (exact) mass is 251 g/mol. The maximum atomic E-state index is 5.84. The predicted molar refractivity (Wildman–Crippen MR) is 64.7 cm³/mol. The van der Waals surface area contributed by atoms with Gasteiger partial charge in [0, 0.05) is 5.56 Å². The van der Waals surface area contributed by atoms with Crippen LogP contribution in [-0.4, -0.2) is 20.6 Å². The molecule has 3 N–H and O–H groups in total. The molecule has 0 aliphatic carbocycles. The summed E-state index contributed by atoms with van der Waals surface area (Å²) in [5.74, 6) is 1.23. The summed E-state index contributed by atoms with van der Waals surface area (Å²) in [4.78, 5) is 0. The number of halogens is 1. The summed E-state index contributed by atoms with van der Waals surface area (Å²) in [6.45, 7) is 0. The maximum absolute atomic E-state index is 5.84. The lowest BCUT2D eigenvalue weighted by Crippen LogP contribution is -2.12. The molecule has 0 saturated heterocycles.